The average Bonchev–Trinajstić information content (AvgIpc) is 3.09. The molecule has 3 aromatic rings. The molecule has 11 nitrogen and oxygen atoms in total. The highest BCUT2D eigenvalue weighted by Crippen LogP contribution is 2.27. The van der Waals surface area contributed by atoms with Crippen molar-refractivity contribution >= 4 is 57.1 Å². The van der Waals surface area contributed by atoms with Gasteiger partial charge >= 0.3 is 6.09 Å². The van der Waals surface area contributed by atoms with Gasteiger partial charge in [-0.05, 0) is 69.6 Å². The summed E-state index contributed by atoms with van der Waals surface area (Å²) in [4.78, 5) is 41.1. The molecule has 0 unspecified atom stereocenters. The largest absolute Gasteiger partial charge is 0.444 e. The lowest BCUT2D eigenvalue weighted by Crippen LogP contribution is -2.27. The number of nitrogens with zero attached hydrogens (tertiary/aromatic N) is 7. The Morgan fingerprint density at radius 3 is 2.53 bits per heavy atom. The molecular formula is C22H27IN8O3. The SMILES string of the molecule is CN(C)C/C=C/C(=O)N(C)c1ccc(-n2nc(I)c3c(NC(=O)OC(C)(C)C)ncnc32)nc1. The van der Waals surface area contributed by atoms with Gasteiger partial charge in [0.1, 0.15) is 15.6 Å². The lowest BCUT2D eigenvalue weighted by molar-refractivity contribution is -0.113. The zero-order valence-corrected chi connectivity index (χ0v) is 22.1. The molecule has 0 aromatic carbocycles. The lowest BCUT2D eigenvalue weighted by Gasteiger charge is -2.19. The maximum Gasteiger partial charge on any atom is 0.413 e. The van der Waals surface area contributed by atoms with Gasteiger partial charge in [0, 0.05) is 19.7 Å². The number of aromatic nitrogens is 5. The number of pyridine rings is 1. The molecule has 0 bridgehead atoms. The Morgan fingerprint density at radius 1 is 1.18 bits per heavy atom. The minimum atomic E-state index is -0.643. The standard InChI is InChI=1S/C22H27IN8O3/c1-22(2,3)34-21(33)27-19-17-18(23)28-31(20(17)26-13-25-19)15-10-9-14(12-24-15)30(6)16(32)8-7-11-29(4)5/h7-10,12-13H,11H2,1-6H3,(H,25,26,27,33)/b8-7+. The van der Waals surface area contributed by atoms with Gasteiger partial charge < -0.3 is 14.5 Å². The first kappa shape index (κ1) is 25.5. The van der Waals surface area contributed by atoms with Crippen molar-refractivity contribution in [2.75, 3.05) is 37.9 Å². The highest BCUT2D eigenvalue weighted by molar-refractivity contribution is 14.1. The zero-order valence-electron chi connectivity index (χ0n) is 19.9. The van der Waals surface area contributed by atoms with Crippen molar-refractivity contribution in [3.63, 3.8) is 0 Å². The summed E-state index contributed by atoms with van der Waals surface area (Å²) in [5.41, 5.74) is 0.466. The number of hydrogen-bond acceptors (Lipinski definition) is 8. The third-order valence-corrected chi connectivity index (χ3v) is 5.19. The van der Waals surface area contributed by atoms with Gasteiger partial charge in [0.05, 0.1) is 17.3 Å². The van der Waals surface area contributed by atoms with E-state index in [1.165, 1.54) is 17.3 Å². The summed E-state index contributed by atoms with van der Waals surface area (Å²) in [6.45, 7) is 6.02. The van der Waals surface area contributed by atoms with E-state index in [1.807, 2.05) is 19.0 Å². The Balaban J connectivity index is 1.85. The molecule has 0 aliphatic carbocycles. The molecule has 1 N–H and O–H groups in total. The second kappa shape index (κ2) is 10.4. The van der Waals surface area contributed by atoms with Crippen molar-refractivity contribution in [1.29, 1.82) is 0 Å². The van der Waals surface area contributed by atoms with Crippen molar-refractivity contribution in [2.24, 2.45) is 0 Å². The molecule has 0 saturated heterocycles. The van der Waals surface area contributed by atoms with Gasteiger partial charge in [0.2, 0.25) is 5.91 Å². The number of rotatable bonds is 6. The van der Waals surface area contributed by atoms with Crippen LogP contribution in [-0.2, 0) is 9.53 Å². The van der Waals surface area contributed by atoms with Gasteiger partial charge in [-0.2, -0.15) is 9.78 Å². The molecule has 3 aromatic heterocycles. The molecule has 34 heavy (non-hydrogen) atoms. The highest BCUT2D eigenvalue weighted by atomic mass is 127. The van der Waals surface area contributed by atoms with E-state index in [0.717, 1.165) is 0 Å². The first-order chi connectivity index (χ1) is 16.0. The van der Waals surface area contributed by atoms with Crippen LogP contribution in [0, 0.1) is 3.70 Å². The number of carbonyl (C=O) groups excluding carboxylic acids is 2. The fourth-order valence-corrected chi connectivity index (χ4v) is 3.58. The normalized spacial score (nSPS) is 11.9. The molecule has 0 fully saturated rings. The Labute approximate surface area is 211 Å². The number of halogens is 1. The first-order valence-electron chi connectivity index (χ1n) is 10.4. The molecule has 0 radical (unpaired) electrons. The second-order valence-corrected chi connectivity index (χ2v) is 9.71. The molecule has 0 aliphatic heterocycles. The van der Waals surface area contributed by atoms with E-state index in [0.29, 0.717) is 38.6 Å². The molecule has 0 spiro atoms. The van der Waals surface area contributed by atoms with Crippen LogP contribution >= 0.6 is 22.6 Å². The number of fused-ring (bicyclic) bond motifs is 1. The molecule has 180 valence electrons. The lowest BCUT2D eigenvalue weighted by atomic mass is 10.2. The van der Waals surface area contributed by atoms with Gasteiger partial charge in [0.25, 0.3) is 0 Å². The van der Waals surface area contributed by atoms with E-state index in [4.69, 9.17) is 4.74 Å². The Morgan fingerprint density at radius 2 is 1.91 bits per heavy atom. The number of amides is 2. The van der Waals surface area contributed by atoms with Gasteiger partial charge in [-0.3, -0.25) is 10.1 Å². The third-order valence-electron chi connectivity index (χ3n) is 4.44. The number of anilines is 2. The van der Waals surface area contributed by atoms with Crippen molar-refractivity contribution in [2.45, 2.75) is 26.4 Å². The van der Waals surface area contributed by atoms with Gasteiger partial charge in [-0.25, -0.2) is 19.7 Å². The Hall–Kier alpha value is -3.13. The molecule has 3 heterocycles. The number of hydrogen-bond donors (Lipinski definition) is 1. The maximum absolute atomic E-state index is 12.4. The summed E-state index contributed by atoms with van der Waals surface area (Å²) in [6, 6.07) is 3.52. The zero-order chi connectivity index (χ0) is 25.0. The fourth-order valence-electron chi connectivity index (χ4n) is 2.87. The summed E-state index contributed by atoms with van der Waals surface area (Å²) in [7, 11) is 5.55. The highest BCUT2D eigenvalue weighted by Gasteiger charge is 2.21. The predicted octanol–water partition coefficient (Wildman–Crippen LogP) is 3.24. The summed E-state index contributed by atoms with van der Waals surface area (Å²) in [5, 5.41) is 7.75. The molecule has 3 rings (SSSR count). The van der Waals surface area contributed by atoms with Crippen LogP contribution in [0.4, 0.5) is 16.3 Å². The molecule has 2 amide bonds. The molecular weight excluding hydrogens is 551 g/mol. The molecule has 0 saturated carbocycles. The van der Waals surface area contributed by atoms with Crippen LogP contribution in [-0.4, -0.2) is 74.9 Å². The van der Waals surface area contributed by atoms with Crippen LogP contribution in [0.2, 0.25) is 0 Å². The van der Waals surface area contributed by atoms with Crippen molar-refractivity contribution in [1.82, 2.24) is 29.6 Å². The minimum absolute atomic E-state index is 0.152. The summed E-state index contributed by atoms with van der Waals surface area (Å²) >= 11 is 2.05. The van der Waals surface area contributed by atoms with E-state index < -0.39 is 11.7 Å². The first-order valence-corrected chi connectivity index (χ1v) is 11.5. The van der Waals surface area contributed by atoms with E-state index in [9.17, 15) is 9.59 Å². The quantitative estimate of drug-likeness (QED) is 0.350. The number of ether oxygens (including phenoxy) is 1. The number of likely N-dealkylation sites (N-methyl/N-ethyl adjacent to an activating group) is 2. The molecule has 0 atom stereocenters. The van der Waals surface area contributed by atoms with Gasteiger partial charge in [-0.15, -0.1) is 0 Å². The average molecular weight is 578 g/mol. The third kappa shape index (κ3) is 6.26. The van der Waals surface area contributed by atoms with E-state index in [2.05, 4.69) is 48.0 Å². The number of carbonyl (C=O) groups is 2. The van der Waals surface area contributed by atoms with E-state index in [-0.39, 0.29) is 5.91 Å². The second-order valence-electron chi connectivity index (χ2n) is 8.69. The monoisotopic (exact) mass is 578 g/mol. The molecule has 12 heteroatoms. The smallest absolute Gasteiger partial charge is 0.413 e. The molecule has 0 aliphatic rings. The Bertz CT molecular complexity index is 1220. The van der Waals surface area contributed by atoms with E-state index in [1.54, 1.807) is 56.9 Å². The van der Waals surface area contributed by atoms with Gasteiger partial charge in [-0.1, -0.05) is 6.08 Å². The van der Waals surface area contributed by atoms with Crippen LogP contribution in [0.15, 0.2) is 36.8 Å². The summed E-state index contributed by atoms with van der Waals surface area (Å²) in [5.74, 6) is 0.644. The Kier molecular flexibility index (Phi) is 7.82. The van der Waals surface area contributed by atoms with Crippen molar-refractivity contribution in [3.8, 4) is 5.82 Å². The van der Waals surface area contributed by atoms with Crippen molar-refractivity contribution < 1.29 is 14.3 Å². The van der Waals surface area contributed by atoms with Crippen LogP contribution in [0.25, 0.3) is 16.9 Å². The summed E-state index contributed by atoms with van der Waals surface area (Å²) < 4.78 is 7.46. The van der Waals surface area contributed by atoms with Crippen LogP contribution in [0.5, 0.6) is 0 Å². The van der Waals surface area contributed by atoms with Crippen LogP contribution < -0.4 is 10.2 Å². The predicted molar refractivity (Wildman–Crippen MR) is 138 cm³/mol. The van der Waals surface area contributed by atoms with Crippen LogP contribution in [0.1, 0.15) is 20.8 Å². The van der Waals surface area contributed by atoms with Gasteiger partial charge in [0.15, 0.2) is 17.3 Å². The van der Waals surface area contributed by atoms with Crippen molar-refractivity contribution in [3.05, 3.63) is 40.5 Å². The topological polar surface area (TPSA) is 118 Å². The summed E-state index contributed by atoms with van der Waals surface area (Å²) in [6.07, 6.45) is 5.65. The van der Waals surface area contributed by atoms with E-state index >= 15 is 0 Å². The maximum atomic E-state index is 12.4. The minimum Gasteiger partial charge on any atom is -0.444 e. The van der Waals surface area contributed by atoms with Crippen LogP contribution in [0.3, 0.4) is 0 Å². The number of nitrogens with one attached hydrogen (secondary N) is 1. The fraction of sp³-hybridized carbons (Fsp3) is 0.364.